The van der Waals surface area contributed by atoms with E-state index in [4.69, 9.17) is 9.47 Å². The fraction of sp³-hybridized carbons (Fsp3) is 0.615. The van der Waals surface area contributed by atoms with Gasteiger partial charge in [-0.05, 0) is 64.2 Å². The van der Waals surface area contributed by atoms with E-state index in [9.17, 15) is 14.4 Å². The van der Waals surface area contributed by atoms with Gasteiger partial charge in [0.25, 0.3) is 0 Å². The number of hydrogen-bond acceptors (Lipinski definition) is 6. The standard InChI is InChI=1S/C26H36N4O5/c1-5-34-24(32)22-28-19-12-11-17(15-20(19)29-22)27-23(31)21-18(16-9-7-6-8-10-16)13-14-30(21)25(33)35-26(2,3)4/h11-12,15-16,18,21H,5-10,13-14H2,1-4H3,(H,27,31)(H,28,29)/t18-,21-/m0/s1. The van der Waals surface area contributed by atoms with E-state index in [0.717, 1.165) is 19.3 Å². The number of esters is 1. The van der Waals surface area contributed by atoms with Crippen LogP contribution in [-0.2, 0) is 14.3 Å². The van der Waals surface area contributed by atoms with Crippen LogP contribution in [0.1, 0.15) is 76.8 Å². The van der Waals surface area contributed by atoms with Gasteiger partial charge in [-0.15, -0.1) is 0 Å². The number of hydrogen-bond donors (Lipinski definition) is 2. The van der Waals surface area contributed by atoms with Crippen molar-refractivity contribution in [3.8, 4) is 0 Å². The Morgan fingerprint density at radius 2 is 1.89 bits per heavy atom. The fourth-order valence-electron chi connectivity index (χ4n) is 5.33. The number of aromatic nitrogens is 2. The maximum absolute atomic E-state index is 13.6. The molecule has 0 radical (unpaired) electrons. The first kappa shape index (κ1) is 25.0. The zero-order valence-electron chi connectivity index (χ0n) is 21.1. The van der Waals surface area contributed by atoms with Crippen LogP contribution in [0.25, 0.3) is 11.0 Å². The zero-order chi connectivity index (χ0) is 25.2. The monoisotopic (exact) mass is 484 g/mol. The maximum atomic E-state index is 13.6. The Morgan fingerprint density at radius 3 is 2.57 bits per heavy atom. The van der Waals surface area contributed by atoms with E-state index in [1.165, 1.54) is 19.3 Å². The first-order chi connectivity index (χ1) is 16.7. The third-order valence-corrected chi connectivity index (χ3v) is 6.82. The molecule has 2 aromatic rings. The summed E-state index contributed by atoms with van der Waals surface area (Å²) in [4.78, 5) is 47.5. The van der Waals surface area contributed by atoms with Crippen LogP contribution in [0.5, 0.6) is 0 Å². The number of imidazole rings is 1. The summed E-state index contributed by atoms with van der Waals surface area (Å²) in [5.41, 5.74) is 1.14. The highest BCUT2D eigenvalue weighted by Gasteiger charge is 2.46. The number of benzene rings is 1. The van der Waals surface area contributed by atoms with Crippen molar-refractivity contribution >= 4 is 34.7 Å². The number of fused-ring (bicyclic) bond motifs is 1. The zero-order valence-corrected chi connectivity index (χ0v) is 21.1. The molecule has 0 unspecified atom stereocenters. The first-order valence-corrected chi connectivity index (χ1v) is 12.6. The summed E-state index contributed by atoms with van der Waals surface area (Å²) in [6.45, 7) is 8.00. The van der Waals surface area contributed by atoms with E-state index in [2.05, 4.69) is 15.3 Å². The molecular formula is C26H36N4O5. The smallest absolute Gasteiger partial charge is 0.410 e. The molecule has 1 aliphatic heterocycles. The van der Waals surface area contributed by atoms with E-state index in [1.807, 2.05) is 20.8 Å². The molecule has 2 aliphatic rings. The van der Waals surface area contributed by atoms with E-state index in [1.54, 1.807) is 30.0 Å². The largest absolute Gasteiger partial charge is 0.460 e. The van der Waals surface area contributed by atoms with Crippen LogP contribution in [0.2, 0.25) is 0 Å². The number of rotatable bonds is 5. The molecule has 1 saturated carbocycles. The number of carbonyl (C=O) groups is 3. The van der Waals surface area contributed by atoms with Crippen molar-refractivity contribution in [3.63, 3.8) is 0 Å². The topological polar surface area (TPSA) is 114 Å². The van der Waals surface area contributed by atoms with Gasteiger partial charge < -0.3 is 19.8 Å². The lowest BCUT2D eigenvalue weighted by Gasteiger charge is -2.34. The van der Waals surface area contributed by atoms with Crippen molar-refractivity contribution in [1.29, 1.82) is 0 Å². The summed E-state index contributed by atoms with van der Waals surface area (Å²) in [6, 6.07) is 4.65. The molecular weight excluding hydrogens is 448 g/mol. The number of nitrogens with one attached hydrogen (secondary N) is 2. The number of amides is 2. The molecule has 190 valence electrons. The normalized spacial score (nSPS) is 21.2. The van der Waals surface area contributed by atoms with Crippen molar-refractivity contribution < 1.29 is 23.9 Å². The highest BCUT2D eigenvalue weighted by atomic mass is 16.6. The van der Waals surface area contributed by atoms with Crippen molar-refractivity contribution in [2.75, 3.05) is 18.5 Å². The van der Waals surface area contributed by atoms with E-state index in [0.29, 0.717) is 29.2 Å². The average molecular weight is 485 g/mol. The maximum Gasteiger partial charge on any atom is 0.410 e. The predicted molar refractivity (Wildman–Crippen MR) is 132 cm³/mol. The molecule has 9 nitrogen and oxygen atoms in total. The Labute approximate surface area is 205 Å². The lowest BCUT2D eigenvalue weighted by molar-refractivity contribution is -0.122. The SMILES string of the molecule is CCOC(=O)c1nc2cc(NC(=O)[C@@H]3[C@H](C4CCCCC4)CCN3C(=O)OC(C)(C)C)ccc2[nH]1. The minimum Gasteiger partial charge on any atom is -0.460 e. The van der Waals surface area contributed by atoms with Gasteiger partial charge >= 0.3 is 12.1 Å². The number of ether oxygens (including phenoxy) is 2. The number of aromatic amines is 1. The summed E-state index contributed by atoms with van der Waals surface area (Å²) in [7, 11) is 0. The number of nitrogens with zero attached hydrogens (tertiary/aromatic N) is 2. The van der Waals surface area contributed by atoms with Crippen LogP contribution in [0, 0.1) is 11.8 Å². The minimum absolute atomic E-state index is 0.104. The van der Waals surface area contributed by atoms with E-state index in [-0.39, 0.29) is 24.3 Å². The Kier molecular flexibility index (Phi) is 7.33. The molecule has 2 fully saturated rings. The van der Waals surface area contributed by atoms with Gasteiger partial charge in [0.05, 0.1) is 17.6 Å². The molecule has 1 saturated heterocycles. The molecule has 2 amide bonds. The van der Waals surface area contributed by atoms with Crippen LogP contribution in [-0.4, -0.2) is 57.6 Å². The third-order valence-electron chi connectivity index (χ3n) is 6.82. The lowest BCUT2D eigenvalue weighted by Crippen LogP contribution is -2.49. The highest BCUT2D eigenvalue weighted by Crippen LogP contribution is 2.40. The Morgan fingerprint density at radius 1 is 1.14 bits per heavy atom. The second kappa shape index (κ2) is 10.3. The highest BCUT2D eigenvalue weighted by molar-refractivity contribution is 5.99. The number of anilines is 1. The third kappa shape index (κ3) is 5.77. The van der Waals surface area contributed by atoms with Crippen molar-refractivity contribution in [1.82, 2.24) is 14.9 Å². The molecule has 35 heavy (non-hydrogen) atoms. The Balaban J connectivity index is 1.55. The molecule has 2 atom stereocenters. The molecule has 4 rings (SSSR count). The molecule has 2 heterocycles. The molecule has 1 aromatic heterocycles. The van der Waals surface area contributed by atoms with Crippen LogP contribution in [0.15, 0.2) is 18.2 Å². The number of likely N-dealkylation sites (tertiary alicyclic amines) is 1. The Hall–Kier alpha value is -3.10. The summed E-state index contributed by atoms with van der Waals surface area (Å²) < 4.78 is 10.6. The number of H-pyrrole nitrogens is 1. The van der Waals surface area contributed by atoms with Gasteiger partial charge in [0.1, 0.15) is 11.6 Å². The summed E-state index contributed by atoms with van der Waals surface area (Å²) >= 11 is 0. The quantitative estimate of drug-likeness (QED) is 0.585. The second-order valence-corrected chi connectivity index (χ2v) is 10.5. The van der Waals surface area contributed by atoms with Gasteiger partial charge in [0, 0.05) is 12.2 Å². The number of carbonyl (C=O) groups excluding carboxylic acids is 3. The molecule has 9 heteroatoms. The van der Waals surface area contributed by atoms with Gasteiger partial charge in [-0.25, -0.2) is 14.6 Å². The second-order valence-electron chi connectivity index (χ2n) is 10.5. The minimum atomic E-state index is -0.636. The van der Waals surface area contributed by atoms with Crippen molar-refractivity contribution in [2.45, 2.75) is 77.9 Å². The van der Waals surface area contributed by atoms with Crippen LogP contribution >= 0.6 is 0 Å². The first-order valence-electron chi connectivity index (χ1n) is 12.6. The molecule has 0 spiro atoms. The van der Waals surface area contributed by atoms with Crippen LogP contribution in [0.3, 0.4) is 0 Å². The molecule has 2 N–H and O–H groups in total. The summed E-state index contributed by atoms with van der Waals surface area (Å²) in [5.74, 6) is -0.0946. The summed E-state index contributed by atoms with van der Waals surface area (Å²) in [6.07, 6.45) is 6.09. The van der Waals surface area contributed by atoms with E-state index < -0.39 is 23.7 Å². The van der Waals surface area contributed by atoms with Crippen LogP contribution in [0.4, 0.5) is 10.5 Å². The van der Waals surface area contributed by atoms with Gasteiger partial charge in [0.15, 0.2) is 0 Å². The Bertz CT molecular complexity index is 1080. The predicted octanol–water partition coefficient (Wildman–Crippen LogP) is 4.88. The fourth-order valence-corrected chi connectivity index (χ4v) is 5.33. The van der Waals surface area contributed by atoms with Crippen molar-refractivity contribution in [3.05, 3.63) is 24.0 Å². The summed E-state index contributed by atoms with van der Waals surface area (Å²) in [5, 5.41) is 3.00. The van der Waals surface area contributed by atoms with Crippen LogP contribution < -0.4 is 5.32 Å². The molecule has 1 aliphatic carbocycles. The molecule has 1 aromatic carbocycles. The van der Waals surface area contributed by atoms with Gasteiger partial charge in [-0.1, -0.05) is 32.1 Å². The molecule has 0 bridgehead atoms. The van der Waals surface area contributed by atoms with E-state index >= 15 is 0 Å². The lowest BCUT2D eigenvalue weighted by atomic mass is 9.76. The average Bonchev–Trinajstić information content (AvgIpc) is 3.43. The van der Waals surface area contributed by atoms with Gasteiger partial charge in [0.2, 0.25) is 11.7 Å². The van der Waals surface area contributed by atoms with Gasteiger partial charge in [-0.2, -0.15) is 0 Å². The van der Waals surface area contributed by atoms with Gasteiger partial charge in [-0.3, -0.25) is 9.69 Å². The van der Waals surface area contributed by atoms with Crippen molar-refractivity contribution in [2.24, 2.45) is 11.8 Å².